The van der Waals surface area contributed by atoms with Crippen LogP contribution in [0.4, 0.5) is 4.39 Å². The van der Waals surface area contributed by atoms with Crippen molar-refractivity contribution >= 4 is 5.91 Å². The molecule has 0 saturated carbocycles. The fraction of sp³-hybridized carbons (Fsp3) is 0.500. The number of amides is 1. The molecule has 2 heterocycles. The summed E-state index contributed by atoms with van der Waals surface area (Å²) in [4.78, 5) is 16.5. The van der Waals surface area contributed by atoms with Crippen molar-refractivity contribution in [3.63, 3.8) is 0 Å². The largest absolute Gasteiger partial charge is 0.334 e. The zero-order valence-electron chi connectivity index (χ0n) is 11.0. The number of carbonyl (C=O) groups excluding carboxylic acids is 1. The standard InChI is InChI=1S/C14H18FN3O/c1-17-9-10-8-16-6-7-18(10)14(19)13(17)11-4-2-3-5-12(11)15/h2-5,10,13,16H,6-9H2,1H3. The van der Waals surface area contributed by atoms with Crippen molar-refractivity contribution in [2.75, 3.05) is 33.2 Å². The highest BCUT2D eigenvalue weighted by atomic mass is 19.1. The maximum Gasteiger partial charge on any atom is 0.245 e. The topological polar surface area (TPSA) is 35.6 Å². The first-order chi connectivity index (χ1) is 9.18. The van der Waals surface area contributed by atoms with E-state index in [4.69, 9.17) is 0 Å². The first-order valence-electron chi connectivity index (χ1n) is 6.64. The third kappa shape index (κ3) is 2.13. The van der Waals surface area contributed by atoms with Crippen LogP contribution < -0.4 is 5.32 Å². The van der Waals surface area contributed by atoms with Gasteiger partial charge < -0.3 is 10.2 Å². The Hall–Kier alpha value is -1.46. The summed E-state index contributed by atoms with van der Waals surface area (Å²) in [5, 5.41) is 3.30. The Bertz CT molecular complexity index is 493. The number of fused-ring (bicyclic) bond motifs is 1. The monoisotopic (exact) mass is 263 g/mol. The third-order valence-electron chi connectivity index (χ3n) is 4.01. The van der Waals surface area contributed by atoms with Crippen LogP contribution in [0.1, 0.15) is 11.6 Å². The minimum atomic E-state index is -0.490. The summed E-state index contributed by atoms with van der Waals surface area (Å²) in [5.74, 6) is -0.286. The molecule has 2 fully saturated rings. The van der Waals surface area contributed by atoms with Gasteiger partial charge in [0.05, 0.1) is 6.04 Å². The van der Waals surface area contributed by atoms with Gasteiger partial charge in [-0.2, -0.15) is 0 Å². The minimum Gasteiger partial charge on any atom is -0.334 e. The lowest BCUT2D eigenvalue weighted by molar-refractivity contribution is -0.146. The van der Waals surface area contributed by atoms with Crippen LogP contribution in [0, 0.1) is 5.82 Å². The summed E-state index contributed by atoms with van der Waals surface area (Å²) in [7, 11) is 1.89. The van der Waals surface area contributed by atoms with Crippen molar-refractivity contribution in [1.82, 2.24) is 15.1 Å². The summed E-state index contributed by atoms with van der Waals surface area (Å²) < 4.78 is 13.9. The van der Waals surface area contributed by atoms with Crippen LogP contribution in [0.15, 0.2) is 24.3 Å². The second-order valence-corrected chi connectivity index (χ2v) is 5.25. The summed E-state index contributed by atoms with van der Waals surface area (Å²) >= 11 is 0. The van der Waals surface area contributed by atoms with Crippen molar-refractivity contribution < 1.29 is 9.18 Å². The Balaban J connectivity index is 1.93. The number of nitrogens with one attached hydrogen (secondary N) is 1. The van der Waals surface area contributed by atoms with Gasteiger partial charge in [0.15, 0.2) is 0 Å². The average Bonchev–Trinajstić information content (AvgIpc) is 2.41. The van der Waals surface area contributed by atoms with Gasteiger partial charge in [-0.05, 0) is 13.1 Å². The molecule has 5 heteroatoms. The molecule has 1 aromatic carbocycles. The van der Waals surface area contributed by atoms with Crippen LogP contribution >= 0.6 is 0 Å². The highest BCUT2D eigenvalue weighted by molar-refractivity contribution is 5.84. The molecule has 2 aliphatic rings. The van der Waals surface area contributed by atoms with Crippen molar-refractivity contribution in [2.45, 2.75) is 12.1 Å². The van der Waals surface area contributed by atoms with Gasteiger partial charge in [-0.25, -0.2) is 4.39 Å². The second kappa shape index (κ2) is 4.90. The van der Waals surface area contributed by atoms with E-state index >= 15 is 0 Å². The van der Waals surface area contributed by atoms with E-state index in [9.17, 15) is 9.18 Å². The molecule has 19 heavy (non-hydrogen) atoms. The van der Waals surface area contributed by atoms with Gasteiger partial charge >= 0.3 is 0 Å². The molecule has 0 aliphatic carbocycles. The van der Waals surface area contributed by atoms with Crippen LogP contribution in [0.5, 0.6) is 0 Å². The zero-order chi connectivity index (χ0) is 13.4. The van der Waals surface area contributed by atoms with E-state index in [0.717, 1.165) is 19.6 Å². The Labute approximate surface area is 112 Å². The number of hydrogen-bond acceptors (Lipinski definition) is 3. The lowest BCUT2D eigenvalue weighted by atomic mass is 9.97. The highest BCUT2D eigenvalue weighted by Crippen LogP contribution is 2.29. The van der Waals surface area contributed by atoms with Crippen molar-refractivity contribution in [3.8, 4) is 0 Å². The predicted octanol–water partition coefficient (Wildman–Crippen LogP) is 0.613. The molecule has 0 radical (unpaired) electrons. The smallest absolute Gasteiger partial charge is 0.245 e. The molecule has 1 aromatic rings. The second-order valence-electron chi connectivity index (χ2n) is 5.25. The Morgan fingerprint density at radius 2 is 2.16 bits per heavy atom. The maximum atomic E-state index is 13.9. The first-order valence-corrected chi connectivity index (χ1v) is 6.64. The third-order valence-corrected chi connectivity index (χ3v) is 4.01. The first kappa shape index (κ1) is 12.6. The molecule has 102 valence electrons. The van der Waals surface area contributed by atoms with E-state index in [-0.39, 0.29) is 17.8 Å². The molecule has 2 atom stereocenters. The molecule has 0 bridgehead atoms. The molecule has 0 spiro atoms. The van der Waals surface area contributed by atoms with Gasteiger partial charge in [0, 0.05) is 31.7 Å². The van der Waals surface area contributed by atoms with E-state index < -0.39 is 6.04 Å². The molecular formula is C14H18FN3O. The van der Waals surface area contributed by atoms with Crippen LogP contribution in [-0.2, 0) is 4.79 Å². The number of piperazine rings is 2. The Morgan fingerprint density at radius 3 is 2.95 bits per heavy atom. The van der Waals surface area contributed by atoms with Gasteiger partial charge in [0.2, 0.25) is 5.91 Å². The normalized spacial score (nSPS) is 28.3. The molecule has 4 nitrogen and oxygen atoms in total. The van der Waals surface area contributed by atoms with Crippen molar-refractivity contribution in [3.05, 3.63) is 35.6 Å². The van der Waals surface area contributed by atoms with Crippen LogP contribution in [-0.4, -0.2) is 55.0 Å². The molecule has 2 unspecified atom stereocenters. The van der Waals surface area contributed by atoms with Crippen LogP contribution in [0.25, 0.3) is 0 Å². The molecule has 1 amide bonds. The molecule has 1 N–H and O–H groups in total. The molecular weight excluding hydrogens is 245 g/mol. The van der Waals surface area contributed by atoms with Gasteiger partial charge in [-0.1, -0.05) is 18.2 Å². The van der Waals surface area contributed by atoms with E-state index in [2.05, 4.69) is 5.32 Å². The lowest BCUT2D eigenvalue weighted by Crippen LogP contribution is -2.63. The van der Waals surface area contributed by atoms with Crippen LogP contribution in [0.2, 0.25) is 0 Å². The Kier molecular flexibility index (Phi) is 3.24. The van der Waals surface area contributed by atoms with E-state index in [1.54, 1.807) is 18.2 Å². The number of nitrogens with zero attached hydrogens (tertiary/aromatic N) is 2. The van der Waals surface area contributed by atoms with E-state index in [1.165, 1.54) is 6.07 Å². The average molecular weight is 263 g/mol. The molecule has 3 rings (SSSR count). The lowest BCUT2D eigenvalue weighted by Gasteiger charge is -2.46. The highest BCUT2D eigenvalue weighted by Gasteiger charge is 2.41. The van der Waals surface area contributed by atoms with Crippen molar-refractivity contribution in [2.24, 2.45) is 0 Å². The van der Waals surface area contributed by atoms with Crippen LogP contribution in [0.3, 0.4) is 0 Å². The summed E-state index contributed by atoms with van der Waals surface area (Å²) in [6.45, 7) is 3.12. The maximum absolute atomic E-state index is 13.9. The molecule has 2 aliphatic heterocycles. The minimum absolute atomic E-state index is 0.0188. The number of likely N-dealkylation sites (N-methyl/N-ethyl adjacent to an activating group) is 1. The summed E-state index contributed by atoms with van der Waals surface area (Å²) in [5.41, 5.74) is 0.479. The number of halogens is 1. The Morgan fingerprint density at radius 1 is 1.37 bits per heavy atom. The van der Waals surface area contributed by atoms with Gasteiger partial charge in [-0.15, -0.1) is 0 Å². The predicted molar refractivity (Wildman–Crippen MR) is 70.1 cm³/mol. The fourth-order valence-corrected chi connectivity index (χ4v) is 3.06. The number of hydrogen-bond donors (Lipinski definition) is 1. The molecule has 2 saturated heterocycles. The summed E-state index contributed by atoms with van der Waals surface area (Å²) in [6, 6.07) is 6.27. The molecule has 0 aromatic heterocycles. The van der Waals surface area contributed by atoms with Crippen molar-refractivity contribution in [1.29, 1.82) is 0 Å². The number of carbonyl (C=O) groups is 1. The van der Waals surface area contributed by atoms with Gasteiger partial charge in [0.1, 0.15) is 11.9 Å². The quantitative estimate of drug-likeness (QED) is 0.806. The fourth-order valence-electron chi connectivity index (χ4n) is 3.06. The summed E-state index contributed by atoms with van der Waals surface area (Å²) in [6.07, 6.45) is 0. The zero-order valence-corrected chi connectivity index (χ0v) is 11.0. The van der Waals surface area contributed by atoms with E-state index in [0.29, 0.717) is 12.1 Å². The SMILES string of the molecule is CN1CC2CNCCN2C(=O)C1c1ccccc1F. The number of benzene rings is 1. The van der Waals surface area contributed by atoms with E-state index in [1.807, 2.05) is 16.8 Å². The van der Waals surface area contributed by atoms with Gasteiger partial charge in [-0.3, -0.25) is 9.69 Å². The van der Waals surface area contributed by atoms with Gasteiger partial charge in [0.25, 0.3) is 0 Å². The number of rotatable bonds is 1.